The predicted molar refractivity (Wildman–Crippen MR) is 102 cm³/mol. The van der Waals surface area contributed by atoms with Crippen LogP contribution in [0.4, 0.5) is 0 Å². The van der Waals surface area contributed by atoms with E-state index in [-0.39, 0.29) is 0 Å². The van der Waals surface area contributed by atoms with E-state index in [0.29, 0.717) is 17.5 Å². The van der Waals surface area contributed by atoms with Gasteiger partial charge in [-0.15, -0.1) is 10.2 Å². The summed E-state index contributed by atoms with van der Waals surface area (Å²) >= 11 is 1.62. The lowest BCUT2D eigenvalue weighted by Gasteiger charge is -2.05. The van der Waals surface area contributed by atoms with Crippen molar-refractivity contribution in [2.75, 3.05) is 12.9 Å². The maximum Gasteiger partial charge on any atom is 0.276 e. The molecule has 0 atom stereocenters. The van der Waals surface area contributed by atoms with Crippen LogP contribution in [0.25, 0.3) is 0 Å². The Morgan fingerprint density at radius 1 is 1.15 bits per heavy atom. The molecular weight excluding hydrogens is 348 g/mol. The number of hydrogen-bond acceptors (Lipinski definition) is 6. The third-order valence-electron chi connectivity index (χ3n) is 4.00. The van der Waals surface area contributed by atoms with Gasteiger partial charge in [0.1, 0.15) is 5.75 Å². The molecule has 3 aromatic rings. The summed E-state index contributed by atoms with van der Waals surface area (Å²) in [6.45, 7) is 3.04. The number of rotatable bonds is 10. The highest BCUT2D eigenvalue weighted by atomic mass is 32.2. The van der Waals surface area contributed by atoms with Gasteiger partial charge in [-0.2, -0.15) is 5.10 Å². The molecule has 6 nitrogen and oxygen atoms in total. The molecule has 0 aliphatic carbocycles. The second-order valence-electron chi connectivity index (χ2n) is 6.14. The number of para-hydroxylation sites is 1. The largest absolute Gasteiger partial charge is 0.496 e. The molecule has 0 aliphatic rings. The van der Waals surface area contributed by atoms with Gasteiger partial charge in [0.25, 0.3) is 5.22 Å². The average Bonchev–Trinajstić information content (AvgIpc) is 3.27. The Balaban J connectivity index is 1.37. The highest BCUT2D eigenvalue weighted by molar-refractivity contribution is 7.99. The highest BCUT2D eigenvalue weighted by Gasteiger charge is 2.10. The van der Waals surface area contributed by atoms with Crippen LogP contribution in [0.3, 0.4) is 0 Å². The van der Waals surface area contributed by atoms with Crippen LogP contribution in [0.15, 0.2) is 46.3 Å². The molecule has 0 bridgehead atoms. The Morgan fingerprint density at radius 3 is 2.85 bits per heavy atom. The lowest BCUT2D eigenvalue weighted by atomic mass is 10.1. The molecule has 26 heavy (non-hydrogen) atoms. The summed E-state index contributed by atoms with van der Waals surface area (Å²) in [5.41, 5.74) is 2.25. The minimum absolute atomic E-state index is 0.584. The number of methoxy groups -OCH3 is 1. The quantitative estimate of drug-likeness (QED) is 0.394. The molecule has 0 N–H and O–H groups in total. The van der Waals surface area contributed by atoms with Gasteiger partial charge in [-0.3, -0.25) is 4.68 Å². The van der Waals surface area contributed by atoms with Gasteiger partial charge >= 0.3 is 0 Å². The number of thioether (sulfide) groups is 1. The second-order valence-corrected chi connectivity index (χ2v) is 7.19. The fraction of sp³-hybridized carbons (Fsp3) is 0.421. The summed E-state index contributed by atoms with van der Waals surface area (Å²) < 4.78 is 13.1. The fourth-order valence-corrected chi connectivity index (χ4v) is 3.46. The van der Waals surface area contributed by atoms with Crippen LogP contribution in [-0.4, -0.2) is 32.8 Å². The van der Waals surface area contributed by atoms with Crippen LogP contribution in [0.5, 0.6) is 5.75 Å². The van der Waals surface area contributed by atoms with Crippen molar-refractivity contribution in [1.29, 1.82) is 0 Å². The number of hydrogen-bond donors (Lipinski definition) is 0. The fourth-order valence-electron chi connectivity index (χ4n) is 2.68. The molecule has 138 valence electrons. The van der Waals surface area contributed by atoms with Crippen molar-refractivity contribution in [2.24, 2.45) is 0 Å². The number of ether oxygens (including phenoxy) is 1. The molecule has 0 aliphatic heterocycles. The van der Waals surface area contributed by atoms with E-state index in [1.165, 1.54) is 5.56 Å². The molecule has 0 saturated heterocycles. The van der Waals surface area contributed by atoms with Crippen LogP contribution in [0.2, 0.25) is 0 Å². The van der Waals surface area contributed by atoms with Gasteiger partial charge in [-0.1, -0.05) is 36.4 Å². The normalized spacial score (nSPS) is 11.0. The van der Waals surface area contributed by atoms with E-state index < -0.39 is 0 Å². The van der Waals surface area contributed by atoms with E-state index in [0.717, 1.165) is 42.9 Å². The third-order valence-corrected chi connectivity index (χ3v) is 4.91. The van der Waals surface area contributed by atoms with E-state index in [1.54, 1.807) is 18.9 Å². The maximum absolute atomic E-state index is 5.74. The molecule has 0 fully saturated rings. The molecule has 3 rings (SSSR count). The van der Waals surface area contributed by atoms with Gasteiger partial charge in [0.15, 0.2) is 0 Å². The van der Waals surface area contributed by atoms with E-state index in [9.17, 15) is 0 Å². The number of aromatic nitrogens is 4. The predicted octanol–water partition coefficient (Wildman–Crippen LogP) is 4.14. The Hall–Kier alpha value is -2.28. The SMILES string of the molecule is COc1ccccc1Cc1nnc(SCCCCCn2cc(C)cn2)o1. The van der Waals surface area contributed by atoms with Crippen molar-refractivity contribution in [1.82, 2.24) is 20.0 Å². The molecule has 2 heterocycles. The van der Waals surface area contributed by atoms with Gasteiger partial charge in [-0.25, -0.2) is 0 Å². The van der Waals surface area contributed by atoms with Crippen molar-refractivity contribution in [3.63, 3.8) is 0 Å². The lowest BCUT2D eigenvalue weighted by Crippen LogP contribution is -1.98. The standard InChI is InChI=1S/C19H24N4O2S/c1-15-13-20-23(14-15)10-6-3-7-11-26-19-22-21-18(25-19)12-16-8-4-5-9-17(16)24-2/h4-5,8-9,13-14H,3,6-7,10-12H2,1-2H3. The first kappa shape index (κ1) is 18.5. The van der Waals surface area contributed by atoms with E-state index >= 15 is 0 Å². The number of unbranched alkanes of at least 4 members (excludes halogenated alkanes) is 2. The Bertz CT molecular complexity index is 815. The van der Waals surface area contributed by atoms with Gasteiger partial charge in [-0.05, 0) is 31.4 Å². The van der Waals surface area contributed by atoms with Crippen molar-refractivity contribution < 1.29 is 9.15 Å². The van der Waals surface area contributed by atoms with Crippen LogP contribution in [0, 0.1) is 6.92 Å². The summed E-state index contributed by atoms with van der Waals surface area (Å²) in [7, 11) is 1.67. The first-order valence-electron chi connectivity index (χ1n) is 8.81. The Morgan fingerprint density at radius 2 is 2.04 bits per heavy atom. The van der Waals surface area contributed by atoms with Gasteiger partial charge in [0.05, 0.1) is 19.7 Å². The van der Waals surface area contributed by atoms with Crippen LogP contribution in [0.1, 0.15) is 36.3 Å². The van der Waals surface area contributed by atoms with E-state index in [1.807, 2.05) is 35.1 Å². The van der Waals surface area contributed by atoms with E-state index in [2.05, 4.69) is 28.4 Å². The van der Waals surface area contributed by atoms with Crippen molar-refractivity contribution >= 4 is 11.8 Å². The zero-order valence-electron chi connectivity index (χ0n) is 15.2. The summed E-state index contributed by atoms with van der Waals surface area (Å²) in [4.78, 5) is 0. The molecular formula is C19H24N4O2S. The van der Waals surface area contributed by atoms with Crippen molar-refractivity contribution in [3.05, 3.63) is 53.7 Å². The number of aryl methyl sites for hydroxylation is 2. The maximum atomic E-state index is 5.74. The molecule has 0 amide bonds. The van der Waals surface area contributed by atoms with Crippen LogP contribution < -0.4 is 4.74 Å². The molecule has 0 saturated carbocycles. The van der Waals surface area contributed by atoms with Gasteiger partial charge in [0, 0.05) is 24.1 Å². The Kier molecular flexibility index (Phi) is 6.71. The molecule has 2 aromatic heterocycles. The smallest absolute Gasteiger partial charge is 0.276 e. The zero-order valence-corrected chi connectivity index (χ0v) is 16.0. The van der Waals surface area contributed by atoms with Crippen molar-refractivity contribution in [3.8, 4) is 5.75 Å². The van der Waals surface area contributed by atoms with Gasteiger partial charge < -0.3 is 9.15 Å². The minimum Gasteiger partial charge on any atom is -0.496 e. The monoisotopic (exact) mass is 372 g/mol. The van der Waals surface area contributed by atoms with Crippen LogP contribution in [-0.2, 0) is 13.0 Å². The molecule has 1 aromatic carbocycles. The van der Waals surface area contributed by atoms with Crippen molar-refractivity contribution in [2.45, 2.75) is 44.4 Å². The summed E-state index contributed by atoms with van der Waals surface area (Å²) in [5.74, 6) is 2.44. The molecule has 0 radical (unpaired) electrons. The number of benzene rings is 1. The average molecular weight is 372 g/mol. The number of nitrogens with zero attached hydrogens (tertiary/aromatic N) is 4. The molecule has 7 heteroatoms. The first-order valence-corrected chi connectivity index (χ1v) is 9.79. The molecule has 0 spiro atoms. The highest BCUT2D eigenvalue weighted by Crippen LogP contribution is 2.23. The van der Waals surface area contributed by atoms with Crippen LogP contribution >= 0.6 is 11.8 Å². The molecule has 0 unspecified atom stereocenters. The summed E-state index contributed by atoms with van der Waals surface area (Å²) in [6.07, 6.45) is 7.97. The van der Waals surface area contributed by atoms with E-state index in [4.69, 9.17) is 9.15 Å². The topological polar surface area (TPSA) is 66.0 Å². The second kappa shape index (κ2) is 9.43. The van der Waals surface area contributed by atoms with Gasteiger partial charge in [0.2, 0.25) is 5.89 Å². The Labute approximate surface area is 158 Å². The summed E-state index contributed by atoms with van der Waals surface area (Å²) in [5, 5.41) is 13.2. The lowest BCUT2D eigenvalue weighted by molar-refractivity contribution is 0.400. The minimum atomic E-state index is 0.584. The zero-order chi connectivity index (χ0) is 18.2. The third kappa shape index (κ3) is 5.36. The summed E-state index contributed by atoms with van der Waals surface area (Å²) in [6, 6.07) is 7.88. The first-order chi connectivity index (χ1) is 12.7.